The Morgan fingerprint density at radius 3 is 2.69 bits per heavy atom. The summed E-state index contributed by atoms with van der Waals surface area (Å²) in [6.45, 7) is 2.79. The van der Waals surface area contributed by atoms with Gasteiger partial charge in [-0.3, -0.25) is 4.79 Å². The molecule has 0 bridgehead atoms. The Balaban J connectivity index is 1.81. The molecule has 0 unspecified atom stereocenters. The van der Waals surface area contributed by atoms with Crippen molar-refractivity contribution in [2.45, 2.75) is 6.92 Å². The van der Waals surface area contributed by atoms with Crippen LogP contribution in [0.2, 0.25) is 0 Å². The van der Waals surface area contributed by atoms with E-state index < -0.39 is 0 Å². The van der Waals surface area contributed by atoms with E-state index in [9.17, 15) is 9.18 Å². The van der Waals surface area contributed by atoms with Gasteiger partial charge in [0.2, 0.25) is 0 Å². The van der Waals surface area contributed by atoms with Crippen LogP contribution in [0.25, 0.3) is 27.8 Å². The van der Waals surface area contributed by atoms with Gasteiger partial charge in [-0.2, -0.15) is 9.78 Å². The molecule has 32 heavy (non-hydrogen) atoms. The molecule has 0 atom stereocenters. The average Bonchev–Trinajstić information content (AvgIpc) is 3.47. The number of amides is 1. The SMILES string of the molecule is COCCN(C)C(=O)c1cnn(-c2ncc(C)c(-c3ccc(F)cc3)n2)c1-c1cccs1. The van der Waals surface area contributed by atoms with Crippen LogP contribution in [0.3, 0.4) is 0 Å². The predicted molar refractivity (Wildman–Crippen MR) is 121 cm³/mol. The lowest BCUT2D eigenvalue weighted by molar-refractivity contribution is 0.0745. The maximum atomic E-state index is 13.4. The molecule has 3 aromatic heterocycles. The molecule has 0 aliphatic carbocycles. The minimum Gasteiger partial charge on any atom is -0.383 e. The van der Waals surface area contributed by atoms with Gasteiger partial charge < -0.3 is 9.64 Å². The topological polar surface area (TPSA) is 73.1 Å². The molecule has 1 amide bonds. The number of aryl methyl sites for hydroxylation is 1. The fourth-order valence-corrected chi connectivity index (χ4v) is 4.05. The Hall–Kier alpha value is -3.43. The van der Waals surface area contributed by atoms with Crippen molar-refractivity contribution in [2.75, 3.05) is 27.3 Å². The molecule has 164 valence electrons. The van der Waals surface area contributed by atoms with Crippen molar-refractivity contribution in [1.82, 2.24) is 24.6 Å². The summed E-state index contributed by atoms with van der Waals surface area (Å²) in [7, 11) is 3.33. The van der Waals surface area contributed by atoms with Crippen molar-refractivity contribution in [3.8, 4) is 27.8 Å². The van der Waals surface area contributed by atoms with Crippen LogP contribution in [0, 0.1) is 12.7 Å². The second-order valence-electron chi connectivity index (χ2n) is 7.22. The van der Waals surface area contributed by atoms with Crippen molar-refractivity contribution < 1.29 is 13.9 Å². The van der Waals surface area contributed by atoms with Crippen molar-refractivity contribution in [2.24, 2.45) is 0 Å². The second kappa shape index (κ2) is 9.37. The molecular weight excluding hydrogens is 429 g/mol. The number of hydrogen-bond donors (Lipinski definition) is 0. The number of carbonyl (C=O) groups excluding carboxylic acids is 1. The van der Waals surface area contributed by atoms with E-state index in [0.717, 1.165) is 16.0 Å². The van der Waals surface area contributed by atoms with E-state index in [2.05, 4.69) is 10.1 Å². The summed E-state index contributed by atoms with van der Waals surface area (Å²) in [5, 5.41) is 6.40. The molecule has 0 N–H and O–H groups in total. The number of nitrogens with zero attached hydrogens (tertiary/aromatic N) is 5. The average molecular weight is 452 g/mol. The second-order valence-corrected chi connectivity index (χ2v) is 8.17. The number of hydrogen-bond acceptors (Lipinski definition) is 6. The highest BCUT2D eigenvalue weighted by atomic mass is 32.1. The molecule has 0 fully saturated rings. The number of halogens is 1. The molecule has 0 aliphatic rings. The smallest absolute Gasteiger partial charge is 0.257 e. The number of carbonyl (C=O) groups is 1. The summed E-state index contributed by atoms with van der Waals surface area (Å²) in [6.07, 6.45) is 3.24. The van der Waals surface area contributed by atoms with Gasteiger partial charge in [0.15, 0.2) is 0 Å². The Morgan fingerprint density at radius 1 is 1.22 bits per heavy atom. The third-order valence-corrected chi connectivity index (χ3v) is 5.87. The molecule has 7 nitrogen and oxygen atoms in total. The molecule has 0 saturated carbocycles. The normalized spacial score (nSPS) is 11.0. The number of benzene rings is 1. The molecule has 9 heteroatoms. The highest BCUT2D eigenvalue weighted by Gasteiger charge is 2.24. The van der Waals surface area contributed by atoms with Crippen LogP contribution in [0.1, 0.15) is 15.9 Å². The van der Waals surface area contributed by atoms with Gasteiger partial charge in [0, 0.05) is 32.5 Å². The first-order chi connectivity index (χ1) is 15.5. The molecule has 0 saturated heterocycles. The summed E-state index contributed by atoms with van der Waals surface area (Å²) >= 11 is 1.50. The first-order valence-corrected chi connectivity index (χ1v) is 10.8. The minimum absolute atomic E-state index is 0.164. The predicted octanol–water partition coefficient (Wildman–Crippen LogP) is 4.22. The molecule has 0 radical (unpaired) electrons. The lowest BCUT2D eigenvalue weighted by atomic mass is 10.1. The van der Waals surface area contributed by atoms with E-state index in [0.29, 0.717) is 36.1 Å². The first-order valence-electron chi connectivity index (χ1n) is 9.96. The van der Waals surface area contributed by atoms with Crippen molar-refractivity contribution in [1.29, 1.82) is 0 Å². The van der Waals surface area contributed by atoms with Crippen LogP contribution in [0.15, 0.2) is 54.2 Å². The fourth-order valence-electron chi connectivity index (χ4n) is 3.28. The summed E-state index contributed by atoms with van der Waals surface area (Å²) in [5.74, 6) is -0.145. The van der Waals surface area contributed by atoms with Crippen LogP contribution >= 0.6 is 11.3 Å². The number of methoxy groups -OCH3 is 1. The number of aromatic nitrogens is 4. The lowest BCUT2D eigenvalue weighted by Gasteiger charge is -2.17. The molecule has 1 aromatic carbocycles. The Labute approximate surface area is 189 Å². The van der Waals surface area contributed by atoms with Crippen LogP contribution in [-0.2, 0) is 4.74 Å². The molecule has 4 rings (SSSR count). The number of rotatable bonds is 7. The largest absolute Gasteiger partial charge is 0.383 e. The van der Waals surface area contributed by atoms with Crippen LogP contribution in [-0.4, -0.2) is 57.9 Å². The van der Waals surface area contributed by atoms with E-state index in [-0.39, 0.29) is 11.7 Å². The Kier molecular flexibility index (Phi) is 6.38. The highest BCUT2D eigenvalue weighted by molar-refractivity contribution is 7.13. The standard InChI is InChI=1S/C23H22FN5O2S/c1-15-13-25-23(27-20(15)16-6-8-17(24)9-7-16)29-21(19-5-4-12-32-19)18(14-26-29)22(30)28(2)10-11-31-3/h4-9,12-14H,10-11H2,1-3H3. The Morgan fingerprint density at radius 2 is 2.00 bits per heavy atom. The zero-order valence-corrected chi connectivity index (χ0v) is 18.8. The van der Waals surface area contributed by atoms with Gasteiger partial charge in [0.05, 0.1) is 28.9 Å². The third-order valence-electron chi connectivity index (χ3n) is 5.00. The molecule has 3 heterocycles. The van der Waals surface area contributed by atoms with E-state index in [1.54, 1.807) is 48.3 Å². The van der Waals surface area contributed by atoms with E-state index in [1.165, 1.54) is 23.5 Å². The van der Waals surface area contributed by atoms with Crippen LogP contribution < -0.4 is 0 Å². The van der Waals surface area contributed by atoms with Crippen molar-refractivity contribution in [3.05, 3.63) is 71.1 Å². The molecule has 0 aliphatic heterocycles. The summed E-state index contributed by atoms with van der Waals surface area (Å²) in [4.78, 5) is 24.8. The monoisotopic (exact) mass is 451 g/mol. The van der Waals surface area contributed by atoms with Gasteiger partial charge in [-0.15, -0.1) is 11.3 Å². The third kappa shape index (κ3) is 4.30. The fraction of sp³-hybridized carbons (Fsp3) is 0.217. The van der Waals surface area contributed by atoms with Crippen molar-refractivity contribution in [3.63, 3.8) is 0 Å². The summed E-state index contributed by atoms with van der Waals surface area (Å²) in [5.41, 5.74) is 3.38. The number of thiophene rings is 1. The summed E-state index contributed by atoms with van der Waals surface area (Å²) < 4.78 is 20.1. The van der Waals surface area contributed by atoms with Gasteiger partial charge in [-0.1, -0.05) is 6.07 Å². The van der Waals surface area contributed by atoms with Crippen LogP contribution in [0.5, 0.6) is 0 Å². The number of likely N-dealkylation sites (N-methyl/N-ethyl adjacent to an activating group) is 1. The Bertz CT molecular complexity index is 1220. The van der Waals surface area contributed by atoms with Crippen molar-refractivity contribution >= 4 is 17.2 Å². The maximum Gasteiger partial charge on any atom is 0.257 e. The maximum absolute atomic E-state index is 13.4. The van der Waals surface area contributed by atoms with Gasteiger partial charge >= 0.3 is 0 Å². The van der Waals surface area contributed by atoms with Gasteiger partial charge in [0.25, 0.3) is 11.9 Å². The quantitative estimate of drug-likeness (QED) is 0.421. The van der Waals surface area contributed by atoms with Crippen LogP contribution in [0.4, 0.5) is 4.39 Å². The van der Waals surface area contributed by atoms with E-state index >= 15 is 0 Å². The minimum atomic E-state index is -0.312. The van der Waals surface area contributed by atoms with Gasteiger partial charge in [-0.05, 0) is 48.2 Å². The van der Waals surface area contributed by atoms with Gasteiger partial charge in [0.1, 0.15) is 11.5 Å². The lowest BCUT2D eigenvalue weighted by Crippen LogP contribution is -2.30. The van der Waals surface area contributed by atoms with E-state index in [4.69, 9.17) is 9.72 Å². The zero-order chi connectivity index (χ0) is 22.7. The molecular formula is C23H22FN5O2S. The number of ether oxygens (including phenoxy) is 1. The molecule has 4 aromatic rings. The van der Waals surface area contributed by atoms with E-state index in [1.807, 2.05) is 24.4 Å². The summed E-state index contributed by atoms with van der Waals surface area (Å²) in [6, 6.07) is 10.00. The van der Waals surface area contributed by atoms with Gasteiger partial charge in [-0.25, -0.2) is 14.4 Å². The molecule has 0 spiro atoms. The first kappa shape index (κ1) is 21.8. The highest BCUT2D eigenvalue weighted by Crippen LogP contribution is 2.31. The zero-order valence-electron chi connectivity index (χ0n) is 17.9.